The molecule has 0 fully saturated rings. The fourth-order valence-electron chi connectivity index (χ4n) is 2.44. The highest BCUT2D eigenvalue weighted by molar-refractivity contribution is 7.87. The number of rotatable bonds is 3. The van der Waals surface area contributed by atoms with E-state index >= 15 is 0 Å². The predicted octanol–water partition coefficient (Wildman–Crippen LogP) is 1.59. The lowest BCUT2D eigenvalue weighted by atomic mass is 9.99. The second-order valence-electron chi connectivity index (χ2n) is 6.06. The summed E-state index contributed by atoms with van der Waals surface area (Å²) in [5, 5.41) is 9.59. The smallest absolute Gasteiger partial charge is 0.464 e. The second kappa shape index (κ2) is 5.92. The van der Waals surface area contributed by atoms with Gasteiger partial charge in [-0.15, -0.1) is 0 Å². The molecule has 0 radical (unpaired) electrons. The summed E-state index contributed by atoms with van der Waals surface area (Å²) in [6, 6.07) is -1.56. The minimum absolute atomic E-state index is 0.731. The zero-order valence-corrected chi connectivity index (χ0v) is 14.1. The quantitative estimate of drug-likeness (QED) is 0.345. The van der Waals surface area contributed by atoms with E-state index in [2.05, 4.69) is 8.92 Å². The molecule has 0 bridgehead atoms. The van der Waals surface area contributed by atoms with Crippen LogP contribution in [0.4, 0.5) is 18.0 Å². The summed E-state index contributed by atoms with van der Waals surface area (Å²) in [5.41, 5.74) is -6.87. The van der Waals surface area contributed by atoms with Gasteiger partial charge >= 0.3 is 27.7 Å². The van der Waals surface area contributed by atoms with Crippen LogP contribution < -0.4 is 0 Å². The van der Waals surface area contributed by atoms with Gasteiger partial charge in [0, 0.05) is 6.08 Å². The lowest BCUT2D eigenvalue weighted by molar-refractivity contribution is -0.904. The van der Waals surface area contributed by atoms with Crippen LogP contribution in [0.15, 0.2) is 11.8 Å². The molecule has 0 aliphatic carbocycles. The van der Waals surface area contributed by atoms with Gasteiger partial charge in [0.25, 0.3) is 0 Å². The van der Waals surface area contributed by atoms with Crippen molar-refractivity contribution in [1.82, 2.24) is 0 Å². The number of nitrogens with zero attached hydrogens (tertiary/aromatic N) is 1. The van der Waals surface area contributed by atoms with Gasteiger partial charge in [0.15, 0.2) is 5.76 Å². The number of esters is 1. The molecule has 1 heterocycles. The summed E-state index contributed by atoms with van der Waals surface area (Å²) < 4.78 is 67.0. The summed E-state index contributed by atoms with van der Waals surface area (Å²) >= 11 is 0. The minimum Gasteiger partial charge on any atom is -0.464 e. The zero-order chi connectivity index (χ0) is 19.1. The third kappa shape index (κ3) is 3.20. The molecule has 8 nitrogen and oxygen atoms in total. The third-order valence-electron chi connectivity index (χ3n) is 3.71. The highest BCUT2D eigenvalue weighted by Crippen LogP contribution is 2.39. The lowest BCUT2D eigenvalue weighted by Crippen LogP contribution is -2.68. The number of halogens is 3. The molecule has 0 spiro atoms. The Morgan fingerprint density at radius 2 is 1.79 bits per heavy atom. The average molecular weight is 376 g/mol. The number of hydrogen-bond acceptors (Lipinski definition) is 6. The van der Waals surface area contributed by atoms with Crippen LogP contribution in [0, 0.1) is 0 Å². The van der Waals surface area contributed by atoms with E-state index in [1.165, 1.54) is 20.8 Å². The summed E-state index contributed by atoms with van der Waals surface area (Å²) in [4.78, 5) is 23.7. The lowest BCUT2D eigenvalue weighted by Gasteiger charge is -2.43. The molecule has 12 heteroatoms. The van der Waals surface area contributed by atoms with Crippen LogP contribution in [0.5, 0.6) is 0 Å². The molecule has 1 aliphatic heterocycles. The monoisotopic (exact) mass is 376 g/mol. The number of hydrogen-bond donors (Lipinski definition) is 1. The number of alkyl halides is 3. The van der Waals surface area contributed by atoms with Gasteiger partial charge < -0.3 is 14.0 Å². The summed E-state index contributed by atoms with van der Waals surface area (Å²) in [6.07, 6.45) is -0.814. The van der Waals surface area contributed by atoms with Crippen molar-refractivity contribution in [3.05, 3.63) is 11.8 Å². The van der Waals surface area contributed by atoms with Crippen LogP contribution in [0.1, 0.15) is 20.8 Å². The van der Waals surface area contributed by atoms with Crippen LogP contribution >= 0.6 is 0 Å². The van der Waals surface area contributed by atoms with E-state index in [9.17, 15) is 36.3 Å². The highest BCUT2D eigenvalue weighted by Gasteiger charge is 2.62. The van der Waals surface area contributed by atoms with E-state index in [4.69, 9.17) is 0 Å². The van der Waals surface area contributed by atoms with Gasteiger partial charge in [0.1, 0.15) is 12.1 Å². The van der Waals surface area contributed by atoms with Gasteiger partial charge in [0.2, 0.25) is 6.04 Å². The normalized spacial score (nSPS) is 25.1. The summed E-state index contributed by atoms with van der Waals surface area (Å²) in [5.74, 6) is -1.84. The van der Waals surface area contributed by atoms with E-state index in [1.807, 2.05) is 0 Å². The average Bonchev–Trinajstić information content (AvgIpc) is 2.75. The molecule has 0 aromatic carbocycles. The second-order valence-corrected chi connectivity index (χ2v) is 7.60. The topological polar surface area (TPSA) is 107 Å². The van der Waals surface area contributed by atoms with E-state index in [1.54, 1.807) is 0 Å². The SMILES string of the molecule is COC(=O)[C@@H]1C=C(OS(=O)(=O)C(F)(F)F)C[N+]1(C(=O)O)C(C)(C)C. The van der Waals surface area contributed by atoms with Crippen molar-refractivity contribution < 1.29 is 49.7 Å². The number of methoxy groups -OCH3 is 1. The molecular weight excluding hydrogens is 359 g/mol. The first-order chi connectivity index (χ1) is 10.6. The zero-order valence-electron chi connectivity index (χ0n) is 13.2. The standard InChI is InChI=1S/C12H16F3NO7S/c1-11(2,3)16(10(18)19)6-7(5-8(16)9(17)22-4)23-24(20,21)12(13,14)15/h5,8H,6H2,1-4H3/p+1/t8-,16?/m0/s1. The fraction of sp³-hybridized carbons (Fsp3) is 0.667. The van der Waals surface area contributed by atoms with Gasteiger partial charge in [-0.25, -0.2) is 4.79 Å². The van der Waals surface area contributed by atoms with Crippen molar-refractivity contribution in [3.8, 4) is 0 Å². The van der Waals surface area contributed by atoms with Crippen molar-refractivity contribution in [2.75, 3.05) is 13.7 Å². The summed E-state index contributed by atoms with van der Waals surface area (Å²) in [6.45, 7) is 3.54. The maximum Gasteiger partial charge on any atom is 0.534 e. The van der Waals surface area contributed by atoms with Gasteiger partial charge in [-0.1, -0.05) is 0 Å². The molecule has 0 aromatic rings. The molecule has 1 rings (SSSR count). The van der Waals surface area contributed by atoms with Crippen molar-refractivity contribution in [2.45, 2.75) is 37.9 Å². The minimum atomic E-state index is -5.98. The van der Waals surface area contributed by atoms with Gasteiger partial charge in [-0.2, -0.15) is 30.9 Å². The van der Waals surface area contributed by atoms with Crippen LogP contribution in [0.25, 0.3) is 0 Å². The number of ether oxygens (including phenoxy) is 1. The molecule has 2 atom stereocenters. The van der Waals surface area contributed by atoms with Crippen LogP contribution in [0.3, 0.4) is 0 Å². The first-order valence-electron chi connectivity index (χ1n) is 6.51. The molecule has 138 valence electrons. The number of quaternary nitrogens is 1. The first kappa shape index (κ1) is 20.2. The molecule has 0 saturated carbocycles. The van der Waals surface area contributed by atoms with E-state index < -0.39 is 56.1 Å². The van der Waals surface area contributed by atoms with Gasteiger partial charge in [-0.05, 0) is 20.8 Å². The highest BCUT2D eigenvalue weighted by atomic mass is 32.2. The molecule has 1 amide bonds. The van der Waals surface area contributed by atoms with Crippen LogP contribution in [-0.4, -0.2) is 60.8 Å². The molecule has 0 aromatic heterocycles. The Balaban J connectivity index is 3.41. The Kier molecular flexibility index (Phi) is 4.99. The number of carbonyl (C=O) groups excluding carboxylic acids is 1. The van der Waals surface area contributed by atoms with E-state index in [0.717, 1.165) is 13.2 Å². The molecule has 0 saturated heterocycles. The Labute approximate surface area is 136 Å². The maximum atomic E-state index is 12.4. The van der Waals surface area contributed by atoms with Crippen LogP contribution in [0.2, 0.25) is 0 Å². The van der Waals surface area contributed by atoms with Gasteiger partial charge in [-0.3, -0.25) is 0 Å². The van der Waals surface area contributed by atoms with Crippen molar-refractivity contribution in [2.24, 2.45) is 0 Å². The van der Waals surface area contributed by atoms with Crippen LogP contribution in [-0.2, 0) is 23.8 Å². The molecule has 1 aliphatic rings. The molecule has 1 unspecified atom stereocenters. The maximum absolute atomic E-state index is 12.4. The van der Waals surface area contributed by atoms with Crippen molar-refractivity contribution in [1.29, 1.82) is 0 Å². The Morgan fingerprint density at radius 1 is 1.29 bits per heavy atom. The number of carboxylic acid groups (broad SMARTS) is 1. The molecule has 1 N–H and O–H groups in total. The van der Waals surface area contributed by atoms with E-state index in [0.29, 0.717) is 0 Å². The third-order valence-corrected chi connectivity index (χ3v) is 4.71. The Morgan fingerprint density at radius 3 is 2.12 bits per heavy atom. The first-order valence-corrected chi connectivity index (χ1v) is 7.91. The van der Waals surface area contributed by atoms with Gasteiger partial charge in [0.05, 0.1) is 7.11 Å². The Hall–Kier alpha value is -1.82. The van der Waals surface area contributed by atoms with Crippen molar-refractivity contribution >= 4 is 22.2 Å². The number of amides is 1. The largest absolute Gasteiger partial charge is 0.534 e. The van der Waals surface area contributed by atoms with E-state index in [-0.39, 0.29) is 0 Å². The Bertz CT molecular complexity index is 678. The molecule has 24 heavy (non-hydrogen) atoms. The molecular formula is C12H17F3NO7S+. The predicted molar refractivity (Wildman–Crippen MR) is 72.9 cm³/mol. The fourth-order valence-corrected chi connectivity index (χ4v) is 2.92. The number of carbonyl (C=O) groups is 2. The summed E-state index contributed by atoms with van der Waals surface area (Å²) in [7, 11) is -5.01. The van der Waals surface area contributed by atoms with Crippen molar-refractivity contribution in [3.63, 3.8) is 0 Å².